The molecule has 7 heteroatoms. The van der Waals surface area contributed by atoms with Crippen molar-refractivity contribution in [3.63, 3.8) is 0 Å². The van der Waals surface area contributed by atoms with Gasteiger partial charge in [0.25, 0.3) is 5.91 Å². The van der Waals surface area contributed by atoms with E-state index in [-0.39, 0.29) is 5.91 Å². The Morgan fingerprint density at radius 2 is 1.77 bits per heavy atom. The van der Waals surface area contributed by atoms with Gasteiger partial charge in [-0.15, -0.1) is 0 Å². The van der Waals surface area contributed by atoms with Gasteiger partial charge in [0.2, 0.25) is 0 Å². The molecular weight excluding hydrogens is 389 g/mol. The first-order chi connectivity index (χ1) is 14.7. The SMILES string of the molecule is CC1(C)OB(c2cccc3c2CN(CCc2ccc4ncccc4n2)C3=O)OC1(C)C. The molecule has 0 bridgehead atoms. The first-order valence-corrected chi connectivity index (χ1v) is 10.7. The summed E-state index contributed by atoms with van der Waals surface area (Å²) in [6.45, 7) is 9.33. The van der Waals surface area contributed by atoms with Crippen molar-refractivity contribution in [1.29, 1.82) is 0 Å². The average molecular weight is 415 g/mol. The van der Waals surface area contributed by atoms with Gasteiger partial charge in [-0.1, -0.05) is 12.1 Å². The number of hydrogen-bond acceptors (Lipinski definition) is 5. The molecular formula is C24H26BN3O3. The molecule has 0 radical (unpaired) electrons. The molecule has 31 heavy (non-hydrogen) atoms. The molecule has 6 nitrogen and oxygen atoms in total. The van der Waals surface area contributed by atoms with E-state index >= 15 is 0 Å². The number of amides is 1. The van der Waals surface area contributed by atoms with Gasteiger partial charge in [0.15, 0.2) is 0 Å². The molecule has 158 valence electrons. The van der Waals surface area contributed by atoms with Crippen LogP contribution < -0.4 is 5.46 Å². The summed E-state index contributed by atoms with van der Waals surface area (Å²) >= 11 is 0. The smallest absolute Gasteiger partial charge is 0.399 e. The number of aromatic nitrogens is 2. The molecule has 5 rings (SSSR count). The number of carbonyl (C=O) groups is 1. The molecule has 0 spiro atoms. The van der Waals surface area contributed by atoms with Crippen LogP contribution in [0.3, 0.4) is 0 Å². The van der Waals surface area contributed by atoms with Crippen LogP contribution >= 0.6 is 0 Å². The highest BCUT2D eigenvalue weighted by Gasteiger charge is 2.52. The Labute approximate surface area is 182 Å². The first-order valence-electron chi connectivity index (χ1n) is 10.7. The maximum absolute atomic E-state index is 13.1. The molecule has 2 aromatic heterocycles. The molecule has 1 saturated heterocycles. The van der Waals surface area contributed by atoms with Gasteiger partial charge in [0.05, 0.1) is 22.2 Å². The monoisotopic (exact) mass is 415 g/mol. The molecule has 0 atom stereocenters. The molecule has 3 aromatic rings. The number of fused-ring (bicyclic) bond motifs is 2. The summed E-state index contributed by atoms with van der Waals surface area (Å²) in [6.07, 6.45) is 2.46. The van der Waals surface area contributed by atoms with E-state index in [0.717, 1.165) is 33.3 Å². The average Bonchev–Trinajstić information content (AvgIpc) is 3.18. The van der Waals surface area contributed by atoms with E-state index in [2.05, 4.69) is 9.97 Å². The molecule has 1 aromatic carbocycles. The highest BCUT2D eigenvalue weighted by Crippen LogP contribution is 2.37. The van der Waals surface area contributed by atoms with Crippen LogP contribution in [0, 0.1) is 0 Å². The second kappa shape index (κ2) is 7.14. The highest BCUT2D eigenvalue weighted by molar-refractivity contribution is 6.62. The van der Waals surface area contributed by atoms with Crippen molar-refractivity contribution in [3.05, 3.63) is 65.5 Å². The van der Waals surface area contributed by atoms with Crippen LogP contribution in [0.25, 0.3) is 11.0 Å². The molecule has 4 heterocycles. The Kier molecular flexibility index (Phi) is 4.64. The van der Waals surface area contributed by atoms with Crippen molar-refractivity contribution < 1.29 is 14.1 Å². The maximum Gasteiger partial charge on any atom is 0.495 e. The number of benzene rings is 1. The topological polar surface area (TPSA) is 64.5 Å². The zero-order valence-electron chi connectivity index (χ0n) is 18.4. The zero-order chi connectivity index (χ0) is 21.8. The Balaban J connectivity index is 1.35. The third-order valence-corrected chi connectivity index (χ3v) is 6.74. The Morgan fingerprint density at radius 3 is 2.55 bits per heavy atom. The van der Waals surface area contributed by atoms with E-state index in [4.69, 9.17) is 9.31 Å². The van der Waals surface area contributed by atoms with Crippen LogP contribution in [-0.2, 0) is 22.3 Å². The van der Waals surface area contributed by atoms with Crippen LogP contribution in [0.4, 0.5) is 0 Å². The van der Waals surface area contributed by atoms with Gasteiger partial charge in [-0.25, -0.2) is 0 Å². The van der Waals surface area contributed by atoms with Gasteiger partial charge in [0.1, 0.15) is 0 Å². The van der Waals surface area contributed by atoms with Crippen molar-refractivity contribution >= 4 is 29.5 Å². The second-order valence-corrected chi connectivity index (χ2v) is 9.28. The van der Waals surface area contributed by atoms with Gasteiger partial charge in [0, 0.05) is 37.0 Å². The Morgan fingerprint density at radius 1 is 1.00 bits per heavy atom. The molecule has 2 aliphatic rings. The molecule has 1 fully saturated rings. The maximum atomic E-state index is 13.1. The normalized spacial score (nSPS) is 19.3. The lowest BCUT2D eigenvalue weighted by molar-refractivity contribution is 0.00578. The molecule has 2 aliphatic heterocycles. The minimum atomic E-state index is -0.470. The highest BCUT2D eigenvalue weighted by atomic mass is 16.7. The summed E-state index contributed by atoms with van der Waals surface area (Å²) in [5.41, 5.74) is 4.56. The summed E-state index contributed by atoms with van der Waals surface area (Å²) in [5.74, 6) is 0.0517. The van der Waals surface area contributed by atoms with Crippen LogP contribution in [0.15, 0.2) is 48.7 Å². The first kappa shape index (κ1) is 20.2. The van der Waals surface area contributed by atoms with Crippen molar-refractivity contribution in [1.82, 2.24) is 14.9 Å². The lowest BCUT2D eigenvalue weighted by Gasteiger charge is -2.32. The fourth-order valence-electron chi connectivity index (χ4n) is 4.17. The summed E-state index contributed by atoms with van der Waals surface area (Å²) in [7, 11) is -0.470. The van der Waals surface area contributed by atoms with Crippen LogP contribution in [0.1, 0.15) is 49.3 Å². The van der Waals surface area contributed by atoms with Gasteiger partial charge in [-0.05, 0) is 69.1 Å². The van der Waals surface area contributed by atoms with Gasteiger partial charge < -0.3 is 14.2 Å². The van der Waals surface area contributed by atoms with Gasteiger partial charge in [-0.2, -0.15) is 0 Å². The lowest BCUT2D eigenvalue weighted by Crippen LogP contribution is -2.41. The summed E-state index contributed by atoms with van der Waals surface area (Å²) in [4.78, 5) is 23.9. The predicted molar refractivity (Wildman–Crippen MR) is 120 cm³/mol. The van der Waals surface area contributed by atoms with Crippen LogP contribution in [0.5, 0.6) is 0 Å². The second-order valence-electron chi connectivity index (χ2n) is 9.28. The summed E-state index contributed by atoms with van der Waals surface area (Å²) < 4.78 is 12.5. The van der Waals surface area contributed by atoms with E-state index in [1.54, 1.807) is 6.20 Å². The number of carbonyl (C=O) groups excluding carboxylic acids is 1. The largest absolute Gasteiger partial charge is 0.495 e. The fraction of sp³-hybridized carbons (Fsp3) is 0.375. The van der Waals surface area contributed by atoms with E-state index < -0.39 is 18.3 Å². The Hall–Kier alpha value is -2.77. The molecule has 0 N–H and O–H groups in total. The predicted octanol–water partition coefficient (Wildman–Crippen LogP) is 3.13. The quantitative estimate of drug-likeness (QED) is 0.613. The fourth-order valence-corrected chi connectivity index (χ4v) is 4.17. The number of nitrogens with zero attached hydrogens (tertiary/aromatic N) is 3. The van der Waals surface area contributed by atoms with Crippen LogP contribution in [0.2, 0.25) is 0 Å². The van der Waals surface area contributed by atoms with Crippen molar-refractivity contribution in [2.75, 3.05) is 6.54 Å². The Bertz CT molecular complexity index is 1160. The molecule has 0 unspecified atom stereocenters. The standard InChI is InChI=1S/C24H26BN3O3/c1-23(2)24(3,4)31-25(30-23)19-8-5-7-17-18(19)15-28(22(17)29)14-12-16-10-11-20-21(27-16)9-6-13-26-20/h5-11,13H,12,14-15H2,1-4H3. The van der Waals surface area contributed by atoms with E-state index in [0.29, 0.717) is 19.5 Å². The van der Waals surface area contributed by atoms with E-state index in [9.17, 15) is 4.79 Å². The lowest BCUT2D eigenvalue weighted by atomic mass is 9.75. The van der Waals surface area contributed by atoms with E-state index in [1.165, 1.54) is 0 Å². The van der Waals surface area contributed by atoms with Crippen molar-refractivity contribution in [3.8, 4) is 0 Å². The van der Waals surface area contributed by atoms with Crippen molar-refractivity contribution in [2.24, 2.45) is 0 Å². The molecule has 1 amide bonds. The summed E-state index contributed by atoms with van der Waals surface area (Å²) in [5, 5.41) is 0. The number of hydrogen-bond donors (Lipinski definition) is 0. The number of rotatable bonds is 4. The number of pyridine rings is 2. The minimum absolute atomic E-state index is 0.0517. The minimum Gasteiger partial charge on any atom is -0.399 e. The van der Waals surface area contributed by atoms with Crippen molar-refractivity contribution in [2.45, 2.75) is 51.9 Å². The third-order valence-electron chi connectivity index (χ3n) is 6.74. The third kappa shape index (κ3) is 3.42. The van der Waals surface area contributed by atoms with Gasteiger partial charge in [-0.3, -0.25) is 14.8 Å². The zero-order valence-corrected chi connectivity index (χ0v) is 18.4. The van der Waals surface area contributed by atoms with Gasteiger partial charge >= 0.3 is 7.12 Å². The van der Waals surface area contributed by atoms with E-state index in [1.807, 2.05) is 75.1 Å². The molecule has 0 saturated carbocycles. The molecule has 0 aliphatic carbocycles. The van der Waals surface area contributed by atoms with Crippen LogP contribution in [-0.4, -0.2) is 45.6 Å². The summed E-state index contributed by atoms with van der Waals surface area (Å²) in [6, 6.07) is 13.6.